The minimum absolute atomic E-state index is 0.159. The molecule has 0 atom stereocenters. The second-order valence-corrected chi connectivity index (χ2v) is 4.90. The van der Waals surface area contributed by atoms with Crippen LogP contribution < -0.4 is 5.32 Å². The van der Waals surface area contributed by atoms with Gasteiger partial charge in [0.15, 0.2) is 5.82 Å². The quantitative estimate of drug-likeness (QED) is 0.775. The van der Waals surface area contributed by atoms with Crippen molar-refractivity contribution in [3.8, 4) is 11.4 Å². The van der Waals surface area contributed by atoms with E-state index < -0.39 is 0 Å². The molecule has 0 unspecified atom stereocenters. The summed E-state index contributed by atoms with van der Waals surface area (Å²) in [6, 6.07) is 12.8. The van der Waals surface area contributed by atoms with Crippen LogP contribution in [0.4, 0.5) is 0 Å². The van der Waals surface area contributed by atoms with Crippen LogP contribution in [0.3, 0.4) is 0 Å². The van der Waals surface area contributed by atoms with Gasteiger partial charge < -0.3 is 5.32 Å². The zero-order valence-electron chi connectivity index (χ0n) is 12.7. The van der Waals surface area contributed by atoms with Crippen LogP contribution in [0.15, 0.2) is 48.7 Å². The minimum Gasteiger partial charge on any atom is -0.346 e. The molecule has 23 heavy (non-hydrogen) atoms. The van der Waals surface area contributed by atoms with Crippen molar-refractivity contribution in [2.45, 2.75) is 20.0 Å². The van der Waals surface area contributed by atoms with Crippen LogP contribution in [-0.2, 0) is 13.1 Å². The van der Waals surface area contributed by atoms with Gasteiger partial charge in [0, 0.05) is 23.9 Å². The maximum absolute atomic E-state index is 12.3. The van der Waals surface area contributed by atoms with Gasteiger partial charge in [-0.25, -0.2) is 4.68 Å². The standard InChI is InChI=1S/C16H16N6O/c1-2-22-15(19-20-21-22)12-6-5-7-13(10-12)16(23)18-11-14-8-3-4-9-17-14/h3-10H,2,11H2,1H3,(H,18,23). The fourth-order valence-electron chi connectivity index (χ4n) is 2.20. The number of aromatic nitrogens is 5. The number of amides is 1. The van der Waals surface area contributed by atoms with Crippen molar-refractivity contribution >= 4 is 5.91 Å². The normalized spacial score (nSPS) is 10.5. The van der Waals surface area contributed by atoms with Crippen LogP contribution in [0.25, 0.3) is 11.4 Å². The van der Waals surface area contributed by atoms with E-state index in [2.05, 4.69) is 25.8 Å². The largest absolute Gasteiger partial charge is 0.346 e. The van der Waals surface area contributed by atoms with Crippen LogP contribution in [0.2, 0.25) is 0 Å². The van der Waals surface area contributed by atoms with Crippen LogP contribution in [0.1, 0.15) is 23.0 Å². The van der Waals surface area contributed by atoms with Crippen molar-refractivity contribution < 1.29 is 4.79 Å². The lowest BCUT2D eigenvalue weighted by Gasteiger charge is -2.07. The predicted molar refractivity (Wildman–Crippen MR) is 84.3 cm³/mol. The first kappa shape index (κ1) is 14.8. The molecule has 0 saturated heterocycles. The molecular weight excluding hydrogens is 292 g/mol. The van der Waals surface area contributed by atoms with Gasteiger partial charge in [0.05, 0.1) is 12.2 Å². The second-order valence-electron chi connectivity index (χ2n) is 4.90. The summed E-state index contributed by atoms with van der Waals surface area (Å²) in [5.74, 6) is 0.486. The van der Waals surface area contributed by atoms with Gasteiger partial charge in [-0.1, -0.05) is 18.2 Å². The topological polar surface area (TPSA) is 85.6 Å². The Balaban J connectivity index is 1.75. The number of carbonyl (C=O) groups is 1. The second kappa shape index (κ2) is 6.78. The van der Waals surface area contributed by atoms with Gasteiger partial charge >= 0.3 is 0 Å². The summed E-state index contributed by atoms with van der Waals surface area (Å²) in [6.45, 7) is 3.01. The predicted octanol–water partition coefficient (Wildman–Crippen LogP) is 1.69. The van der Waals surface area contributed by atoms with E-state index in [0.29, 0.717) is 24.5 Å². The van der Waals surface area contributed by atoms with Gasteiger partial charge in [-0.3, -0.25) is 9.78 Å². The molecule has 0 fully saturated rings. The SMILES string of the molecule is CCn1nnnc1-c1cccc(C(=O)NCc2ccccn2)c1. The third kappa shape index (κ3) is 3.39. The van der Waals surface area contributed by atoms with E-state index in [1.54, 1.807) is 23.0 Å². The van der Waals surface area contributed by atoms with Crippen LogP contribution in [0.5, 0.6) is 0 Å². The molecule has 116 valence electrons. The molecule has 2 heterocycles. The van der Waals surface area contributed by atoms with E-state index in [9.17, 15) is 4.79 Å². The smallest absolute Gasteiger partial charge is 0.251 e. The number of nitrogens with zero attached hydrogens (tertiary/aromatic N) is 5. The molecule has 0 radical (unpaired) electrons. The number of nitrogens with one attached hydrogen (secondary N) is 1. The van der Waals surface area contributed by atoms with E-state index in [-0.39, 0.29) is 5.91 Å². The zero-order chi connectivity index (χ0) is 16.1. The number of hydrogen-bond donors (Lipinski definition) is 1. The maximum atomic E-state index is 12.3. The molecule has 0 aliphatic carbocycles. The molecule has 0 spiro atoms. The summed E-state index contributed by atoms with van der Waals surface area (Å²) >= 11 is 0. The molecule has 0 saturated carbocycles. The molecule has 1 amide bonds. The lowest BCUT2D eigenvalue weighted by molar-refractivity contribution is 0.0950. The summed E-state index contributed by atoms with van der Waals surface area (Å²) in [6.07, 6.45) is 1.70. The van der Waals surface area contributed by atoms with Crippen LogP contribution in [-0.4, -0.2) is 31.1 Å². The Morgan fingerprint density at radius 3 is 2.91 bits per heavy atom. The lowest BCUT2D eigenvalue weighted by atomic mass is 10.1. The van der Waals surface area contributed by atoms with E-state index in [0.717, 1.165) is 11.3 Å². The van der Waals surface area contributed by atoms with E-state index in [1.165, 1.54) is 0 Å². The molecule has 7 nitrogen and oxygen atoms in total. The summed E-state index contributed by atoms with van der Waals surface area (Å²) in [5.41, 5.74) is 2.18. The highest BCUT2D eigenvalue weighted by Gasteiger charge is 2.11. The molecule has 0 aliphatic heterocycles. The van der Waals surface area contributed by atoms with Gasteiger partial charge in [-0.2, -0.15) is 0 Å². The van der Waals surface area contributed by atoms with Crippen molar-refractivity contribution in [2.75, 3.05) is 0 Å². The van der Waals surface area contributed by atoms with E-state index in [1.807, 2.05) is 37.3 Å². The number of aryl methyl sites for hydroxylation is 1. The van der Waals surface area contributed by atoms with Gasteiger partial charge in [-0.05, 0) is 41.6 Å². The van der Waals surface area contributed by atoms with Gasteiger partial charge in [0.2, 0.25) is 0 Å². The third-order valence-electron chi connectivity index (χ3n) is 3.37. The van der Waals surface area contributed by atoms with Crippen molar-refractivity contribution in [1.29, 1.82) is 0 Å². The fraction of sp³-hybridized carbons (Fsp3) is 0.188. The van der Waals surface area contributed by atoms with Crippen molar-refractivity contribution in [3.05, 3.63) is 59.9 Å². The Kier molecular flexibility index (Phi) is 4.37. The Hall–Kier alpha value is -3.09. The first-order valence-corrected chi connectivity index (χ1v) is 7.32. The van der Waals surface area contributed by atoms with Gasteiger partial charge in [-0.15, -0.1) is 5.10 Å². The number of rotatable bonds is 5. The zero-order valence-corrected chi connectivity index (χ0v) is 12.7. The van der Waals surface area contributed by atoms with Crippen molar-refractivity contribution in [2.24, 2.45) is 0 Å². The molecule has 3 aromatic rings. The number of pyridine rings is 1. The molecule has 3 rings (SSSR count). The number of tetrazole rings is 1. The molecule has 7 heteroatoms. The lowest BCUT2D eigenvalue weighted by Crippen LogP contribution is -2.23. The summed E-state index contributed by atoms with van der Waals surface area (Å²) in [4.78, 5) is 16.5. The third-order valence-corrected chi connectivity index (χ3v) is 3.37. The average Bonchev–Trinajstić information content (AvgIpc) is 3.09. The first-order valence-electron chi connectivity index (χ1n) is 7.32. The molecule has 0 aliphatic rings. The highest BCUT2D eigenvalue weighted by atomic mass is 16.1. The van der Waals surface area contributed by atoms with Gasteiger partial charge in [0.25, 0.3) is 5.91 Å². The monoisotopic (exact) mass is 308 g/mol. The van der Waals surface area contributed by atoms with E-state index >= 15 is 0 Å². The fourth-order valence-corrected chi connectivity index (χ4v) is 2.20. The van der Waals surface area contributed by atoms with Crippen LogP contribution in [0, 0.1) is 0 Å². The number of hydrogen-bond acceptors (Lipinski definition) is 5. The number of benzene rings is 1. The first-order chi connectivity index (χ1) is 11.3. The number of carbonyl (C=O) groups excluding carboxylic acids is 1. The molecule has 1 N–H and O–H groups in total. The molecule has 0 bridgehead atoms. The molecule has 1 aromatic carbocycles. The van der Waals surface area contributed by atoms with Crippen LogP contribution >= 0.6 is 0 Å². The molecular formula is C16H16N6O. The average molecular weight is 308 g/mol. The highest BCUT2D eigenvalue weighted by molar-refractivity contribution is 5.95. The highest BCUT2D eigenvalue weighted by Crippen LogP contribution is 2.17. The Morgan fingerprint density at radius 2 is 2.13 bits per heavy atom. The van der Waals surface area contributed by atoms with E-state index in [4.69, 9.17) is 0 Å². The summed E-state index contributed by atoms with van der Waals surface area (Å²) in [7, 11) is 0. The Labute approximate surface area is 133 Å². The minimum atomic E-state index is -0.159. The Morgan fingerprint density at radius 1 is 1.22 bits per heavy atom. The van der Waals surface area contributed by atoms with Gasteiger partial charge in [0.1, 0.15) is 0 Å². The summed E-state index contributed by atoms with van der Waals surface area (Å²) in [5, 5.41) is 14.5. The molecule has 2 aromatic heterocycles. The Bertz CT molecular complexity index is 799. The van der Waals surface area contributed by atoms with Crippen molar-refractivity contribution in [1.82, 2.24) is 30.5 Å². The van der Waals surface area contributed by atoms with Crippen molar-refractivity contribution in [3.63, 3.8) is 0 Å². The maximum Gasteiger partial charge on any atom is 0.251 e. The summed E-state index contributed by atoms with van der Waals surface area (Å²) < 4.78 is 1.69.